The Balaban J connectivity index is 2.17. The number of rotatable bonds is 4. The topological polar surface area (TPSA) is 101 Å². The van der Waals surface area contributed by atoms with Crippen LogP contribution in [0.3, 0.4) is 0 Å². The molecule has 0 amide bonds. The number of nitrogens with zero attached hydrogens (tertiary/aromatic N) is 3. The molecule has 0 saturated heterocycles. The zero-order valence-corrected chi connectivity index (χ0v) is 9.28. The first-order valence-corrected chi connectivity index (χ1v) is 6.02. The molecule has 9 heteroatoms. The van der Waals surface area contributed by atoms with Crippen molar-refractivity contribution in [2.45, 2.75) is 11.6 Å². The molecule has 0 bridgehead atoms. The second kappa shape index (κ2) is 4.55. The number of sulfonamides is 1. The molecule has 2 heterocycles. The van der Waals surface area contributed by atoms with Crippen LogP contribution in [-0.4, -0.2) is 28.6 Å². The Labute approximate surface area is 96.2 Å². The molecule has 0 saturated carbocycles. The molecule has 0 atom stereocenters. The highest BCUT2D eigenvalue weighted by Gasteiger charge is 2.20. The van der Waals surface area contributed by atoms with Gasteiger partial charge in [0.05, 0.1) is 6.54 Å². The van der Waals surface area contributed by atoms with Gasteiger partial charge in [0.25, 0.3) is 10.0 Å². The van der Waals surface area contributed by atoms with Gasteiger partial charge in [-0.3, -0.25) is 5.10 Å². The van der Waals surface area contributed by atoms with E-state index in [1.54, 1.807) is 0 Å². The lowest BCUT2D eigenvalue weighted by Crippen LogP contribution is -2.25. The van der Waals surface area contributed by atoms with Crippen LogP contribution in [0.25, 0.3) is 0 Å². The molecular formula is C8H8FN5O2S. The van der Waals surface area contributed by atoms with Crippen molar-refractivity contribution >= 4 is 10.0 Å². The Bertz CT molecular complexity index is 598. The number of halogens is 1. The van der Waals surface area contributed by atoms with E-state index in [1.165, 1.54) is 18.6 Å². The second-order valence-corrected chi connectivity index (χ2v) is 4.73. The van der Waals surface area contributed by atoms with Gasteiger partial charge < -0.3 is 0 Å². The second-order valence-electron chi connectivity index (χ2n) is 3.05. The highest BCUT2D eigenvalue weighted by Crippen LogP contribution is 2.09. The highest BCUT2D eigenvalue weighted by atomic mass is 32.2. The maximum atomic E-state index is 13.2. The van der Waals surface area contributed by atoms with Crippen molar-refractivity contribution < 1.29 is 12.8 Å². The van der Waals surface area contributed by atoms with Crippen molar-refractivity contribution in [2.24, 2.45) is 0 Å². The highest BCUT2D eigenvalue weighted by molar-refractivity contribution is 7.89. The smallest absolute Gasteiger partial charge is 0.261 e. The lowest BCUT2D eigenvalue weighted by molar-refractivity contribution is 0.543. The lowest BCUT2D eigenvalue weighted by Gasteiger charge is -2.04. The van der Waals surface area contributed by atoms with E-state index >= 15 is 0 Å². The normalized spacial score (nSPS) is 11.6. The third-order valence-corrected chi connectivity index (χ3v) is 3.21. The van der Waals surface area contributed by atoms with Gasteiger partial charge in [-0.15, -0.1) is 0 Å². The molecular weight excluding hydrogens is 249 g/mol. The molecule has 0 fully saturated rings. The first kappa shape index (κ1) is 11.6. The number of hydrogen-bond acceptors (Lipinski definition) is 5. The lowest BCUT2D eigenvalue weighted by atomic mass is 10.5. The van der Waals surface area contributed by atoms with Crippen molar-refractivity contribution in [1.82, 2.24) is 24.9 Å². The number of aromatic nitrogens is 4. The fraction of sp³-hybridized carbons (Fsp3) is 0.125. The van der Waals surface area contributed by atoms with Crippen LogP contribution in [0.15, 0.2) is 29.7 Å². The van der Waals surface area contributed by atoms with Gasteiger partial charge in [-0.1, -0.05) is 0 Å². The molecule has 2 rings (SSSR count). The van der Waals surface area contributed by atoms with Gasteiger partial charge in [0, 0.05) is 6.20 Å². The van der Waals surface area contributed by atoms with Crippen LogP contribution in [0.4, 0.5) is 4.39 Å². The SMILES string of the molecule is O=S(=O)(NCc1ncn[nH]1)c1ncccc1F. The zero-order chi connectivity index (χ0) is 12.3. The fourth-order valence-electron chi connectivity index (χ4n) is 1.12. The Kier molecular flexibility index (Phi) is 3.11. The molecule has 2 aromatic heterocycles. The first-order chi connectivity index (χ1) is 8.09. The Morgan fingerprint density at radius 2 is 2.24 bits per heavy atom. The van der Waals surface area contributed by atoms with Crippen molar-refractivity contribution in [1.29, 1.82) is 0 Å². The van der Waals surface area contributed by atoms with Crippen molar-refractivity contribution in [3.05, 3.63) is 36.3 Å². The molecule has 0 spiro atoms. The molecule has 0 aliphatic rings. The molecule has 90 valence electrons. The number of hydrogen-bond donors (Lipinski definition) is 2. The van der Waals surface area contributed by atoms with Crippen LogP contribution in [0.5, 0.6) is 0 Å². The van der Waals surface area contributed by atoms with Crippen LogP contribution < -0.4 is 4.72 Å². The van der Waals surface area contributed by atoms with Gasteiger partial charge >= 0.3 is 0 Å². The molecule has 0 aliphatic carbocycles. The van der Waals surface area contributed by atoms with Crippen LogP contribution in [0.1, 0.15) is 5.82 Å². The van der Waals surface area contributed by atoms with Gasteiger partial charge in [-0.2, -0.15) is 5.10 Å². The summed E-state index contributed by atoms with van der Waals surface area (Å²) >= 11 is 0. The van der Waals surface area contributed by atoms with Gasteiger partial charge in [-0.25, -0.2) is 27.5 Å². The predicted octanol–water partition coefficient (Wildman–Crippen LogP) is -0.183. The van der Waals surface area contributed by atoms with Crippen LogP contribution in [0.2, 0.25) is 0 Å². The summed E-state index contributed by atoms with van der Waals surface area (Å²) in [5.41, 5.74) is 0. The monoisotopic (exact) mass is 257 g/mol. The number of H-pyrrole nitrogens is 1. The minimum absolute atomic E-state index is 0.113. The summed E-state index contributed by atoms with van der Waals surface area (Å²) in [6, 6.07) is 2.33. The van der Waals surface area contributed by atoms with E-state index in [9.17, 15) is 12.8 Å². The Morgan fingerprint density at radius 1 is 1.41 bits per heavy atom. The van der Waals surface area contributed by atoms with Gasteiger partial charge in [0.1, 0.15) is 12.2 Å². The fourth-order valence-corrected chi connectivity index (χ4v) is 2.10. The van der Waals surface area contributed by atoms with Gasteiger partial charge in [0.2, 0.25) is 5.03 Å². The van der Waals surface area contributed by atoms with E-state index in [1.807, 2.05) is 0 Å². The maximum absolute atomic E-state index is 13.2. The standard InChI is InChI=1S/C8H8FN5O2S/c9-6-2-1-3-10-8(6)17(15,16)13-4-7-11-5-12-14-7/h1-3,5,13H,4H2,(H,11,12,14). The van der Waals surface area contributed by atoms with Crippen molar-refractivity contribution in [2.75, 3.05) is 0 Å². The quantitative estimate of drug-likeness (QED) is 0.791. The summed E-state index contributed by atoms with van der Waals surface area (Å²) < 4.78 is 38.7. The predicted molar refractivity (Wildman–Crippen MR) is 54.6 cm³/mol. The van der Waals surface area contributed by atoms with Crippen LogP contribution >= 0.6 is 0 Å². The average Bonchev–Trinajstić information content (AvgIpc) is 2.80. The first-order valence-electron chi connectivity index (χ1n) is 4.54. The largest absolute Gasteiger partial charge is 0.262 e. The molecule has 0 aliphatic heterocycles. The number of pyridine rings is 1. The van der Waals surface area contributed by atoms with E-state index in [0.29, 0.717) is 5.82 Å². The Morgan fingerprint density at radius 3 is 2.88 bits per heavy atom. The van der Waals surface area contributed by atoms with E-state index in [0.717, 1.165) is 6.07 Å². The van der Waals surface area contributed by atoms with Gasteiger partial charge in [-0.05, 0) is 12.1 Å². The minimum atomic E-state index is -3.99. The number of nitrogens with one attached hydrogen (secondary N) is 2. The molecule has 2 aromatic rings. The summed E-state index contributed by atoms with van der Waals surface area (Å²) in [4.78, 5) is 7.21. The van der Waals surface area contributed by atoms with Gasteiger partial charge in [0.15, 0.2) is 5.82 Å². The summed E-state index contributed by atoms with van der Waals surface area (Å²) in [7, 11) is -3.99. The molecule has 0 aromatic carbocycles. The number of aromatic amines is 1. The van der Waals surface area contributed by atoms with Crippen LogP contribution in [0, 0.1) is 5.82 Å². The molecule has 17 heavy (non-hydrogen) atoms. The molecule has 2 N–H and O–H groups in total. The van der Waals surface area contributed by atoms with Crippen LogP contribution in [-0.2, 0) is 16.6 Å². The van der Waals surface area contributed by atoms with E-state index < -0.39 is 20.9 Å². The summed E-state index contributed by atoms with van der Waals surface area (Å²) in [6.07, 6.45) is 2.44. The maximum Gasteiger partial charge on any atom is 0.261 e. The summed E-state index contributed by atoms with van der Waals surface area (Å²) in [6.45, 7) is -0.113. The molecule has 7 nitrogen and oxygen atoms in total. The van der Waals surface area contributed by atoms with Crippen molar-refractivity contribution in [3.63, 3.8) is 0 Å². The third-order valence-electron chi connectivity index (χ3n) is 1.87. The summed E-state index contributed by atoms with van der Waals surface area (Å²) in [5, 5.41) is 5.39. The molecule has 0 radical (unpaired) electrons. The third kappa shape index (κ3) is 2.63. The van der Waals surface area contributed by atoms with Crippen molar-refractivity contribution in [3.8, 4) is 0 Å². The molecule has 0 unspecified atom stereocenters. The minimum Gasteiger partial charge on any atom is -0.262 e. The van der Waals surface area contributed by atoms with E-state index in [4.69, 9.17) is 0 Å². The average molecular weight is 257 g/mol. The Hall–Kier alpha value is -1.87. The summed E-state index contributed by atoms with van der Waals surface area (Å²) in [5.74, 6) is -0.581. The van der Waals surface area contributed by atoms with E-state index in [-0.39, 0.29) is 6.54 Å². The van der Waals surface area contributed by atoms with E-state index in [2.05, 4.69) is 24.9 Å². The zero-order valence-electron chi connectivity index (χ0n) is 8.46.